The van der Waals surface area contributed by atoms with Crippen molar-refractivity contribution in [2.75, 3.05) is 32.7 Å². The minimum Gasteiger partial charge on any atom is -0.383 e. The summed E-state index contributed by atoms with van der Waals surface area (Å²) in [5.74, 6) is 0.857. The monoisotopic (exact) mass is 213 g/mol. The molecule has 0 radical (unpaired) electrons. The Morgan fingerprint density at radius 3 is 3.00 bits per heavy atom. The zero-order valence-electron chi connectivity index (χ0n) is 9.56. The molecule has 0 amide bonds. The summed E-state index contributed by atoms with van der Waals surface area (Å²) in [7, 11) is 3.39. The van der Waals surface area contributed by atoms with Crippen molar-refractivity contribution in [3.63, 3.8) is 0 Å². The summed E-state index contributed by atoms with van der Waals surface area (Å²) >= 11 is 0. The van der Waals surface area contributed by atoms with E-state index in [0.29, 0.717) is 6.61 Å². The molecule has 15 heavy (non-hydrogen) atoms. The Hall–Kier alpha value is -1.07. The van der Waals surface area contributed by atoms with Gasteiger partial charge < -0.3 is 19.4 Å². The van der Waals surface area contributed by atoms with Crippen LogP contribution in [0.4, 0.5) is 5.95 Å². The SMILES string of the molecule is COCCn1ccnc1NCC(C)OC. The molecule has 0 aliphatic heterocycles. The van der Waals surface area contributed by atoms with Gasteiger partial charge in [-0.2, -0.15) is 0 Å². The van der Waals surface area contributed by atoms with E-state index in [4.69, 9.17) is 9.47 Å². The van der Waals surface area contributed by atoms with E-state index in [-0.39, 0.29) is 6.10 Å². The van der Waals surface area contributed by atoms with Gasteiger partial charge in [0.1, 0.15) is 0 Å². The molecule has 0 saturated carbocycles. The van der Waals surface area contributed by atoms with Crippen molar-refractivity contribution in [1.82, 2.24) is 9.55 Å². The molecule has 1 aromatic rings. The van der Waals surface area contributed by atoms with Gasteiger partial charge in [-0.1, -0.05) is 0 Å². The van der Waals surface area contributed by atoms with Crippen molar-refractivity contribution in [1.29, 1.82) is 0 Å². The van der Waals surface area contributed by atoms with E-state index in [1.54, 1.807) is 20.4 Å². The van der Waals surface area contributed by atoms with Crippen molar-refractivity contribution in [2.24, 2.45) is 0 Å². The molecule has 0 spiro atoms. The van der Waals surface area contributed by atoms with Crippen LogP contribution in [0, 0.1) is 0 Å². The van der Waals surface area contributed by atoms with Crippen LogP contribution in [-0.4, -0.2) is 43.0 Å². The van der Waals surface area contributed by atoms with Crippen molar-refractivity contribution in [2.45, 2.75) is 19.6 Å². The Morgan fingerprint density at radius 1 is 1.53 bits per heavy atom. The second-order valence-electron chi connectivity index (χ2n) is 3.36. The zero-order valence-corrected chi connectivity index (χ0v) is 9.56. The van der Waals surface area contributed by atoms with Crippen LogP contribution in [-0.2, 0) is 16.0 Å². The molecule has 0 fully saturated rings. The number of ether oxygens (including phenoxy) is 2. The summed E-state index contributed by atoms with van der Waals surface area (Å²) in [6, 6.07) is 0. The van der Waals surface area contributed by atoms with Crippen LogP contribution >= 0.6 is 0 Å². The highest BCUT2D eigenvalue weighted by Gasteiger charge is 2.04. The fourth-order valence-electron chi connectivity index (χ4n) is 1.16. The summed E-state index contributed by atoms with van der Waals surface area (Å²) in [6.07, 6.45) is 3.88. The topological polar surface area (TPSA) is 48.3 Å². The quantitative estimate of drug-likeness (QED) is 0.733. The molecule has 1 aromatic heterocycles. The predicted octanol–water partition coefficient (Wildman–Crippen LogP) is 0.976. The maximum absolute atomic E-state index is 5.15. The first-order chi connectivity index (χ1) is 7.27. The molecule has 0 bridgehead atoms. The largest absolute Gasteiger partial charge is 0.383 e. The number of nitrogens with zero attached hydrogens (tertiary/aromatic N) is 2. The van der Waals surface area contributed by atoms with E-state index in [1.165, 1.54) is 0 Å². The van der Waals surface area contributed by atoms with Crippen LogP contribution in [0.2, 0.25) is 0 Å². The van der Waals surface area contributed by atoms with Gasteiger partial charge in [-0.3, -0.25) is 0 Å². The van der Waals surface area contributed by atoms with E-state index in [9.17, 15) is 0 Å². The maximum Gasteiger partial charge on any atom is 0.202 e. The van der Waals surface area contributed by atoms with E-state index in [0.717, 1.165) is 19.0 Å². The molecule has 0 aliphatic carbocycles. The van der Waals surface area contributed by atoms with Crippen LogP contribution in [0.25, 0.3) is 0 Å². The first kappa shape index (κ1) is 12.0. The third kappa shape index (κ3) is 3.89. The second-order valence-corrected chi connectivity index (χ2v) is 3.36. The first-order valence-corrected chi connectivity index (χ1v) is 5.04. The van der Waals surface area contributed by atoms with Gasteiger partial charge in [0.2, 0.25) is 5.95 Å². The summed E-state index contributed by atoms with van der Waals surface area (Å²) in [6.45, 7) is 4.25. The summed E-state index contributed by atoms with van der Waals surface area (Å²) < 4.78 is 12.2. The van der Waals surface area contributed by atoms with Crippen molar-refractivity contribution >= 4 is 5.95 Å². The normalized spacial score (nSPS) is 12.7. The highest BCUT2D eigenvalue weighted by Crippen LogP contribution is 2.04. The minimum atomic E-state index is 0.178. The van der Waals surface area contributed by atoms with Gasteiger partial charge in [0.25, 0.3) is 0 Å². The van der Waals surface area contributed by atoms with E-state index < -0.39 is 0 Å². The van der Waals surface area contributed by atoms with Crippen LogP contribution in [0.1, 0.15) is 6.92 Å². The number of anilines is 1. The number of methoxy groups -OCH3 is 2. The third-order valence-corrected chi connectivity index (χ3v) is 2.20. The van der Waals surface area contributed by atoms with Gasteiger partial charge >= 0.3 is 0 Å². The molecule has 5 heteroatoms. The molecule has 1 rings (SSSR count). The standard InChI is InChI=1S/C10H19N3O2/c1-9(15-3)8-12-10-11-4-5-13(10)6-7-14-2/h4-5,9H,6-8H2,1-3H3,(H,11,12). The lowest BCUT2D eigenvalue weighted by Gasteiger charge is -2.12. The first-order valence-electron chi connectivity index (χ1n) is 5.04. The molecule has 5 nitrogen and oxygen atoms in total. The van der Waals surface area contributed by atoms with Crippen molar-refractivity contribution < 1.29 is 9.47 Å². The Labute approximate surface area is 90.4 Å². The molecule has 0 aliphatic rings. The lowest BCUT2D eigenvalue weighted by molar-refractivity contribution is 0.128. The molecular weight excluding hydrogens is 194 g/mol. The molecule has 1 heterocycles. The van der Waals surface area contributed by atoms with Crippen LogP contribution < -0.4 is 5.32 Å². The van der Waals surface area contributed by atoms with Crippen molar-refractivity contribution in [3.05, 3.63) is 12.4 Å². The van der Waals surface area contributed by atoms with Crippen LogP contribution in [0.3, 0.4) is 0 Å². The maximum atomic E-state index is 5.15. The van der Waals surface area contributed by atoms with Gasteiger partial charge in [-0.05, 0) is 6.92 Å². The number of imidazole rings is 1. The van der Waals surface area contributed by atoms with Gasteiger partial charge in [0.15, 0.2) is 0 Å². The predicted molar refractivity (Wildman–Crippen MR) is 59.1 cm³/mol. The molecule has 1 unspecified atom stereocenters. The number of hydrogen-bond donors (Lipinski definition) is 1. The van der Waals surface area contributed by atoms with Gasteiger partial charge in [0, 0.05) is 39.7 Å². The minimum absolute atomic E-state index is 0.178. The number of aromatic nitrogens is 2. The fraction of sp³-hybridized carbons (Fsp3) is 0.700. The smallest absolute Gasteiger partial charge is 0.202 e. The van der Waals surface area contributed by atoms with E-state index >= 15 is 0 Å². The molecule has 1 N–H and O–H groups in total. The lowest BCUT2D eigenvalue weighted by atomic mass is 10.4. The molecule has 86 valence electrons. The Kier molecular flexibility index (Phi) is 5.14. The molecule has 1 atom stereocenters. The molecule has 0 aromatic carbocycles. The van der Waals surface area contributed by atoms with Crippen LogP contribution in [0.15, 0.2) is 12.4 Å². The number of rotatable bonds is 7. The fourth-order valence-corrected chi connectivity index (χ4v) is 1.16. The van der Waals surface area contributed by atoms with E-state index in [1.807, 2.05) is 17.7 Å². The number of nitrogens with one attached hydrogen (secondary N) is 1. The average molecular weight is 213 g/mol. The van der Waals surface area contributed by atoms with E-state index in [2.05, 4.69) is 10.3 Å². The summed E-state index contributed by atoms with van der Waals surface area (Å²) in [4.78, 5) is 4.22. The van der Waals surface area contributed by atoms with Gasteiger partial charge in [-0.15, -0.1) is 0 Å². The molecular formula is C10H19N3O2. The Bertz CT molecular complexity index is 275. The summed E-state index contributed by atoms with van der Waals surface area (Å²) in [5.41, 5.74) is 0. The second kappa shape index (κ2) is 6.42. The highest BCUT2D eigenvalue weighted by atomic mass is 16.5. The van der Waals surface area contributed by atoms with Crippen LogP contribution in [0.5, 0.6) is 0 Å². The van der Waals surface area contributed by atoms with Gasteiger partial charge in [-0.25, -0.2) is 4.98 Å². The number of hydrogen-bond acceptors (Lipinski definition) is 4. The zero-order chi connectivity index (χ0) is 11.1. The Morgan fingerprint density at radius 2 is 2.33 bits per heavy atom. The Balaban J connectivity index is 2.42. The third-order valence-electron chi connectivity index (χ3n) is 2.20. The molecule has 0 saturated heterocycles. The lowest BCUT2D eigenvalue weighted by Crippen LogP contribution is -2.20. The van der Waals surface area contributed by atoms with Crippen molar-refractivity contribution in [3.8, 4) is 0 Å². The average Bonchev–Trinajstić information content (AvgIpc) is 2.70. The van der Waals surface area contributed by atoms with Gasteiger partial charge in [0.05, 0.1) is 12.7 Å². The highest BCUT2D eigenvalue weighted by molar-refractivity contribution is 5.25. The summed E-state index contributed by atoms with van der Waals surface area (Å²) in [5, 5.41) is 3.22.